The maximum Gasteiger partial charge on any atom is 0.252 e. The molecule has 2 N–H and O–H groups in total. The minimum atomic E-state index is -0.561. The van der Waals surface area contributed by atoms with Gasteiger partial charge < -0.3 is 5.32 Å². The lowest BCUT2D eigenvalue weighted by atomic mass is 9.86. The first-order valence-corrected chi connectivity index (χ1v) is 10.9. The number of fused-ring (bicyclic) bond motifs is 3. The summed E-state index contributed by atoms with van der Waals surface area (Å²) in [5.41, 5.74) is 6.11. The van der Waals surface area contributed by atoms with Gasteiger partial charge in [-0.25, -0.2) is 0 Å². The molecule has 166 valence electrons. The number of aromatic amines is 1. The molecule has 0 saturated carbocycles. The van der Waals surface area contributed by atoms with Crippen LogP contribution in [0.25, 0.3) is 44.2 Å². The minimum Gasteiger partial charge on any atom is -0.355 e. The molecule has 0 aliphatic heterocycles. The number of hydrogen-bond donors (Lipinski definition) is 2. The Hall–Kier alpha value is -4.57. The molecule has 0 bridgehead atoms. The molecule has 0 atom stereocenters. The number of nitrogens with zero attached hydrogens (tertiary/aromatic N) is 4. The Kier molecular flexibility index (Phi) is 5.06. The molecule has 7 heteroatoms. The van der Waals surface area contributed by atoms with Gasteiger partial charge in [-0.05, 0) is 43.2 Å². The van der Waals surface area contributed by atoms with E-state index >= 15 is 0 Å². The number of hydrogen-bond acceptors (Lipinski definition) is 5. The van der Waals surface area contributed by atoms with Gasteiger partial charge in [0.1, 0.15) is 5.69 Å². The Morgan fingerprint density at radius 3 is 2.50 bits per heavy atom. The zero-order valence-corrected chi connectivity index (χ0v) is 19.0. The molecule has 0 saturated heterocycles. The maximum atomic E-state index is 12.1. The van der Waals surface area contributed by atoms with Crippen molar-refractivity contribution in [2.45, 2.75) is 19.3 Å². The Labute approximate surface area is 196 Å². The van der Waals surface area contributed by atoms with Gasteiger partial charge >= 0.3 is 0 Å². The van der Waals surface area contributed by atoms with Crippen molar-refractivity contribution in [3.63, 3.8) is 0 Å². The molecule has 0 spiro atoms. The Morgan fingerprint density at radius 2 is 1.76 bits per heavy atom. The zero-order valence-electron chi connectivity index (χ0n) is 19.0. The van der Waals surface area contributed by atoms with Crippen molar-refractivity contribution in [2.24, 2.45) is 0 Å². The fourth-order valence-electron chi connectivity index (χ4n) is 4.07. The minimum absolute atomic E-state index is 0.181. The second-order valence-electron chi connectivity index (χ2n) is 8.71. The topological polar surface area (TPSA) is 107 Å². The van der Waals surface area contributed by atoms with Crippen LogP contribution in [0.4, 0.5) is 0 Å². The molecule has 0 aliphatic rings. The van der Waals surface area contributed by atoms with Gasteiger partial charge in [-0.2, -0.15) is 10.4 Å². The van der Waals surface area contributed by atoms with Crippen LogP contribution in [0.15, 0.2) is 67.1 Å². The van der Waals surface area contributed by atoms with Crippen molar-refractivity contribution in [3.8, 4) is 28.5 Å². The predicted molar refractivity (Wildman–Crippen MR) is 132 cm³/mol. The SMILES string of the molecule is CNC(=O)c1cncc(-c2ccc3ncc4[nH]nc(-c5ccc(C(C)(C)C#N)cc5)c4c3c2)c1. The molecule has 34 heavy (non-hydrogen) atoms. The highest BCUT2D eigenvalue weighted by Crippen LogP contribution is 2.35. The predicted octanol–water partition coefficient (Wildman–Crippen LogP) is 5.00. The van der Waals surface area contributed by atoms with Crippen molar-refractivity contribution in [1.82, 2.24) is 25.5 Å². The largest absolute Gasteiger partial charge is 0.355 e. The third-order valence-corrected chi connectivity index (χ3v) is 6.11. The van der Waals surface area contributed by atoms with Crippen LogP contribution in [0.1, 0.15) is 29.8 Å². The number of benzene rings is 2. The number of carbonyl (C=O) groups excluding carboxylic acids is 1. The fourth-order valence-corrected chi connectivity index (χ4v) is 4.07. The maximum absolute atomic E-state index is 12.1. The second kappa shape index (κ2) is 8.09. The highest BCUT2D eigenvalue weighted by atomic mass is 16.1. The quantitative estimate of drug-likeness (QED) is 0.404. The van der Waals surface area contributed by atoms with Gasteiger partial charge in [0.2, 0.25) is 0 Å². The van der Waals surface area contributed by atoms with E-state index in [-0.39, 0.29) is 5.91 Å². The zero-order chi connectivity index (χ0) is 23.9. The molecule has 0 fully saturated rings. The molecule has 7 nitrogen and oxygen atoms in total. The first kappa shape index (κ1) is 21.3. The van der Waals surface area contributed by atoms with E-state index in [0.717, 1.165) is 49.8 Å². The van der Waals surface area contributed by atoms with Gasteiger partial charge in [-0.15, -0.1) is 0 Å². The van der Waals surface area contributed by atoms with E-state index < -0.39 is 5.41 Å². The van der Waals surface area contributed by atoms with Crippen LogP contribution in [0.5, 0.6) is 0 Å². The number of nitriles is 1. The number of carbonyl (C=O) groups is 1. The van der Waals surface area contributed by atoms with Crippen LogP contribution in [0, 0.1) is 11.3 Å². The summed E-state index contributed by atoms with van der Waals surface area (Å²) in [6.07, 6.45) is 5.08. The lowest BCUT2D eigenvalue weighted by Gasteiger charge is -2.15. The van der Waals surface area contributed by atoms with Crippen molar-refractivity contribution in [2.75, 3.05) is 7.05 Å². The highest BCUT2D eigenvalue weighted by Gasteiger charge is 2.20. The average Bonchev–Trinajstić information content (AvgIpc) is 3.33. The van der Waals surface area contributed by atoms with Crippen LogP contribution in [0.3, 0.4) is 0 Å². The Morgan fingerprint density at radius 1 is 1.00 bits per heavy atom. The standard InChI is InChI=1S/C27H22N6O/c1-27(2,15-28)20-7-4-16(5-8-20)25-24-21-11-17(6-9-22(21)31-14-23(24)32-33-25)18-10-19(13-30-12-18)26(34)29-3/h4-14H,1-3H3,(H,29,34)(H,32,33). The fraction of sp³-hybridized carbons (Fsp3) is 0.148. The van der Waals surface area contributed by atoms with Crippen LogP contribution >= 0.6 is 0 Å². The van der Waals surface area contributed by atoms with E-state index in [1.54, 1.807) is 25.6 Å². The van der Waals surface area contributed by atoms with Gasteiger partial charge in [-0.3, -0.25) is 19.9 Å². The summed E-state index contributed by atoms with van der Waals surface area (Å²) in [7, 11) is 1.60. The summed E-state index contributed by atoms with van der Waals surface area (Å²) in [5.74, 6) is -0.181. The highest BCUT2D eigenvalue weighted by molar-refractivity contribution is 6.11. The summed E-state index contributed by atoms with van der Waals surface area (Å²) < 4.78 is 0. The van der Waals surface area contributed by atoms with E-state index in [1.165, 1.54) is 0 Å². The molecule has 0 unspecified atom stereocenters. The van der Waals surface area contributed by atoms with E-state index in [4.69, 9.17) is 0 Å². The lowest BCUT2D eigenvalue weighted by molar-refractivity contribution is 0.0962. The molecular formula is C27H22N6O. The Bertz CT molecular complexity index is 1590. The summed E-state index contributed by atoms with van der Waals surface area (Å²) >= 11 is 0. The number of aromatic nitrogens is 4. The first-order chi connectivity index (χ1) is 16.4. The summed E-state index contributed by atoms with van der Waals surface area (Å²) in [5, 5.41) is 21.7. The molecule has 1 amide bonds. The molecule has 2 aromatic carbocycles. The van der Waals surface area contributed by atoms with Crippen molar-refractivity contribution in [3.05, 3.63) is 78.2 Å². The first-order valence-electron chi connectivity index (χ1n) is 10.9. The summed E-state index contributed by atoms with van der Waals surface area (Å²) in [6, 6.07) is 18.1. The van der Waals surface area contributed by atoms with Gasteiger partial charge in [0.15, 0.2) is 0 Å². The molecule has 3 heterocycles. The van der Waals surface area contributed by atoms with Crippen LogP contribution in [-0.4, -0.2) is 33.1 Å². The number of pyridine rings is 2. The lowest BCUT2D eigenvalue weighted by Crippen LogP contribution is -2.17. The molecule has 3 aromatic heterocycles. The van der Waals surface area contributed by atoms with Crippen molar-refractivity contribution in [1.29, 1.82) is 5.26 Å². The number of amides is 1. The van der Waals surface area contributed by atoms with Gasteiger partial charge in [0, 0.05) is 41.3 Å². The van der Waals surface area contributed by atoms with Gasteiger partial charge in [-0.1, -0.05) is 30.3 Å². The molecule has 0 radical (unpaired) electrons. The summed E-state index contributed by atoms with van der Waals surface area (Å²) in [6.45, 7) is 3.81. The molecule has 5 rings (SSSR count). The van der Waals surface area contributed by atoms with E-state index in [2.05, 4.69) is 37.6 Å². The Balaban J connectivity index is 1.66. The van der Waals surface area contributed by atoms with E-state index in [1.807, 2.05) is 56.3 Å². The number of nitrogens with one attached hydrogen (secondary N) is 2. The average molecular weight is 447 g/mol. The van der Waals surface area contributed by atoms with Crippen molar-refractivity contribution < 1.29 is 4.79 Å². The van der Waals surface area contributed by atoms with Crippen LogP contribution < -0.4 is 5.32 Å². The number of H-pyrrole nitrogens is 1. The molecule has 5 aromatic rings. The van der Waals surface area contributed by atoms with Gasteiger partial charge in [0.05, 0.1) is 34.3 Å². The van der Waals surface area contributed by atoms with Crippen molar-refractivity contribution >= 4 is 27.7 Å². The van der Waals surface area contributed by atoms with Crippen LogP contribution in [-0.2, 0) is 5.41 Å². The van der Waals surface area contributed by atoms with E-state index in [9.17, 15) is 10.1 Å². The van der Waals surface area contributed by atoms with E-state index in [0.29, 0.717) is 5.56 Å². The monoisotopic (exact) mass is 446 g/mol. The second-order valence-corrected chi connectivity index (χ2v) is 8.71. The number of rotatable bonds is 4. The molecular weight excluding hydrogens is 424 g/mol. The van der Waals surface area contributed by atoms with Gasteiger partial charge in [0.25, 0.3) is 5.91 Å². The molecule has 0 aliphatic carbocycles. The third kappa shape index (κ3) is 3.55. The normalized spacial score (nSPS) is 11.5. The summed E-state index contributed by atoms with van der Waals surface area (Å²) in [4.78, 5) is 20.9. The third-order valence-electron chi connectivity index (χ3n) is 6.11. The smallest absolute Gasteiger partial charge is 0.252 e. The van der Waals surface area contributed by atoms with Crippen LogP contribution in [0.2, 0.25) is 0 Å².